The zero-order valence-corrected chi connectivity index (χ0v) is 16.4. The highest BCUT2D eigenvalue weighted by Crippen LogP contribution is 2.30. The van der Waals surface area contributed by atoms with E-state index in [0.29, 0.717) is 18.8 Å². The first-order chi connectivity index (χ1) is 13.7. The smallest absolute Gasteiger partial charge is 0.242 e. The molecule has 0 spiro atoms. The van der Waals surface area contributed by atoms with Crippen LogP contribution < -0.4 is 5.32 Å². The van der Waals surface area contributed by atoms with E-state index in [0.717, 1.165) is 47.5 Å². The van der Waals surface area contributed by atoms with Crippen molar-refractivity contribution in [2.75, 3.05) is 18.8 Å². The summed E-state index contributed by atoms with van der Waals surface area (Å²) in [5.74, 6) is 1.15. The molecule has 1 aromatic carbocycles. The normalized spacial score (nSPS) is 13.9. The number of carbonyl (C=O) groups is 2. The molecule has 0 bridgehead atoms. The van der Waals surface area contributed by atoms with E-state index in [1.165, 1.54) is 11.8 Å². The Bertz CT molecular complexity index is 959. The van der Waals surface area contributed by atoms with Gasteiger partial charge in [0.1, 0.15) is 12.3 Å². The average molecular weight is 398 g/mol. The van der Waals surface area contributed by atoms with E-state index in [9.17, 15) is 9.59 Å². The summed E-state index contributed by atoms with van der Waals surface area (Å²) in [4.78, 5) is 27.7. The molecule has 0 saturated carbocycles. The molecule has 0 unspecified atom stereocenters. The summed E-state index contributed by atoms with van der Waals surface area (Å²) in [6.45, 7) is 2.44. The molecular weight excluding hydrogens is 374 g/mol. The number of para-hydroxylation sites is 1. The van der Waals surface area contributed by atoms with Crippen LogP contribution in [0.25, 0.3) is 10.9 Å². The minimum absolute atomic E-state index is 0.0497. The van der Waals surface area contributed by atoms with Crippen LogP contribution in [-0.4, -0.2) is 40.1 Å². The van der Waals surface area contributed by atoms with Gasteiger partial charge in [0, 0.05) is 35.1 Å². The predicted octanol–water partition coefficient (Wildman–Crippen LogP) is 3.27. The summed E-state index contributed by atoms with van der Waals surface area (Å²) in [5, 5.41) is 3.93. The standard InChI is InChI=1S/C21H23N3O3S/c25-20(22-12-16-6-5-11-27-16)15-28-19-13-24(18-8-2-1-7-17(18)19)14-21(26)23-9-3-4-10-23/h1-2,5-8,11,13H,3-4,9-10,12,14-15H2,(H,22,25). The quantitative estimate of drug-likeness (QED) is 0.622. The molecule has 4 rings (SSSR count). The van der Waals surface area contributed by atoms with Crippen molar-refractivity contribution in [3.05, 3.63) is 54.6 Å². The van der Waals surface area contributed by atoms with Crippen molar-refractivity contribution in [1.82, 2.24) is 14.8 Å². The predicted molar refractivity (Wildman–Crippen MR) is 109 cm³/mol. The van der Waals surface area contributed by atoms with E-state index in [2.05, 4.69) is 5.32 Å². The maximum atomic E-state index is 12.6. The first kappa shape index (κ1) is 18.7. The third-order valence-corrected chi connectivity index (χ3v) is 5.96. The Morgan fingerprint density at radius 1 is 1.11 bits per heavy atom. The Morgan fingerprint density at radius 2 is 1.93 bits per heavy atom. The van der Waals surface area contributed by atoms with Crippen LogP contribution in [0.2, 0.25) is 0 Å². The number of hydrogen-bond acceptors (Lipinski definition) is 4. The fourth-order valence-electron chi connectivity index (χ4n) is 3.46. The summed E-state index contributed by atoms with van der Waals surface area (Å²) in [7, 11) is 0. The maximum absolute atomic E-state index is 12.6. The van der Waals surface area contributed by atoms with E-state index in [1.54, 1.807) is 12.3 Å². The van der Waals surface area contributed by atoms with Crippen molar-refractivity contribution in [1.29, 1.82) is 0 Å². The molecule has 146 valence electrons. The number of amides is 2. The molecule has 1 fully saturated rings. The van der Waals surface area contributed by atoms with E-state index in [-0.39, 0.29) is 11.8 Å². The van der Waals surface area contributed by atoms with Gasteiger partial charge in [-0.25, -0.2) is 0 Å². The van der Waals surface area contributed by atoms with Crippen LogP contribution in [0.15, 0.2) is 58.2 Å². The number of thioether (sulfide) groups is 1. The zero-order valence-electron chi connectivity index (χ0n) is 15.6. The van der Waals surface area contributed by atoms with Gasteiger partial charge in [-0.3, -0.25) is 9.59 Å². The molecule has 2 amide bonds. The van der Waals surface area contributed by atoms with Gasteiger partial charge in [-0.2, -0.15) is 0 Å². The number of fused-ring (bicyclic) bond motifs is 1. The SMILES string of the molecule is O=C(CSc1cn(CC(=O)N2CCCC2)c2ccccc12)NCc1ccco1. The molecular formula is C21H23N3O3S. The van der Waals surface area contributed by atoms with Crippen LogP contribution in [-0.2, 0) is 22.7 Å². The van der Waals surface area contributed by atoms with Gasteiger partial charge >= 0.3 is 0 Å². The van der Waals surface area contributed by atoms with Gasteiger partial charge in [-0.1, -0.05) is 18.2 Å². The number of nitrogens with zero attached hydrogens (tertiary/aromatic N) is 2. The van der Waals surface area contributed by atoms with Crippen LogP contribution in [0.1, 0.15) is 18.6 Å². The summed E-state index contributed by atoms with van der Waals surface area (Å²) < 4.78 is 7.23. The number of rotatable bonds is 7. The van der Waals surface area contributed by atoms with Gasteiger partial charge in [-0.15, -0.1) is 11.8 Å². The van der Waals surface area contributed by atoms with Crippen molar-refractivity contribution in [3.63, 3.8) is 0 Å². The largest absolute Gasteiger partial charge is 0.467 e. The number of hydrogen-bond donors (Lipinski definition) is 1. The van der Waals surface area contributed by atoms with Crippen LogP contribution in [0, 0.1) is 0 Å². The molecule has 1 aliphatic heterocycles. The lowest BCUT2D eigenvalue weighted by Gasteiger charge is -2.15. The molecule has 0 radical (unpaired) electrons. The first-order valence-electron chi connectivity index (χ1n) is 9.48. The van der Waals surface area contributed by atoms with Crippen LogP contribution in [0.3, 0.4) is 0 Å². The Hall–Kier alpha value is -2.67. The van der Waals surface area contributed by atoms with Crippen molar-refractivity contribution in [2.45, 2.75) is 30.8 Å². The van der Waals surface area contributed by atoms with Crippen molar-refractivity contribution in [3.8, 4) is 0 Å². The highest BCUT2D eigenvalue weighted by Gasteiger charge is 2.19. The number of aromatic nitrogens is 1. The fourth-order valence-corrected chi connectivity index (χ4v) is 4.38. The monoisotopic (exact) mass is 397 g/mol. The van der Waals surface area contributed by atoms with Crippen LogP contribution in [0.4, 0.5) is 0 Å². The molecule has 0 atom stereocenters. The summed E-state index contributed by atoms with van der Waals surface area (Å²) in [6, 6.07) is 11.6. The lowest BCUT2D eigenvalue weighted by atomic mass is 10.2. The highest BCUT2D eigenvalue weighted by atomic mass is 32.2. The Balaban J connectivity index is 1.42. The van der Waals surface area contributed by atoms with E-state index in [1.807, 2.05) is 46.0 Å². The Morgan fingerprint density at radius 3 is 2.71 bits per heavy atom. The summed E-state index contributed by atoms with van der Waals surface area (Å²) in [6.07, 6.45) is 5.76. The third-order valence-electron chi connectivity index (χ3n) is 4.92. The molecule has 0 aliphatic carbocycles. The lowest BCUT2D eigenvalue weighted by molar-refractivity contribution is -0.130. The number of furan rings is 1. The minimum Gasteiger partial charge on any atom is -0.467 e. The Kier molecular flexibility index (Phi) is 5.71. The van der Waals surface area contributed by atoms with E-state index < -0.39 is 0 Å². The molecule has 6 nitrogen and oxygen atoms in total. The van der Waals surface area contributed by atoms with Gasteiger partial charge in [0.05, 0.1) is 18.6 Å². The summed E-state index contributed by atoms with van der Waals surface area (Å²) >= 11 is 1.49. The maximum Gasteiger partial charge on any atom is 0.242 e. The number of carbonyl (C=O) groups excluding carboxylic acids is 2. The second-order valence-electron chi connectivity index (χ2n) is 6.87. The topological polar surface area (TPSA) is 67.5 Å². The van der Waals surface area contributed by atoms with Gasteiger partial charge < -0.3 is 19.2 Å². The highest BCUT2D eigenvalue weighted by molar-refractivity contribution is 8.00. The van der Waals surface area contributed by atoms with Gasteiger partial charge in [0.25, 0.3) is 0 Å². The molecule has 28 heavy (non-hydrogen) atoms. The van der Waals surface area contributed by atoms with Gasteiger partial charge in [0.2, 0.25) is 11.8 Å². The molecule has 3 heterocycles. The molecule has 1 N–H and O–H groups in total. The zero-order chi connectivity index (χ0) is 19.3. The van der Waals surface area contributed by atoms with Crippen molar-refractivity contribution in [2.24, 2.45) is 0 Å². The third kappa shape index (κ3) is 4.25. The number of nitrogens with one attached hydrogen (secondary N) is 1. The summed E-state index contributed by atoms with van der Waals surface area (Å²) in [5.41, 5.74) is 1.02. The second-order valence-corrected chi connectivity index (χ2v) is 7.89. The van der Waals surface area contributed by atoms with E-state index >= 15 is 0 Å². The molecule has 7 heteroatoms. The number of benzene rings is 1. The van der Waals surface area contributed by atoms with Gasteiger partial charge in [-0.05, 0) is 31.0 Å². The average Bonchev–Trinajstić information content (AvgIpc) is 3.46. The fraction of sp³-hybridized carbons (Fsp3) is 0.333. The van der Waals surface area contributed by atoms with Crippen LogP contribution >= 0.6 is 11.8 Å². The van der Waals surface area contributed by atoms with Gasteiger partial charge in [0.15, 0.2) is 0 Å². The molecule has 1 aliphatic rings. The molecule has 1 saturated heterocycles. The second kappa shape index (κ2) is 8.56. The Labute approximate surface area is 167 Å². The van der Waals surface area contributed by atoms with Crippen LogP contribution in [0.5, 0.6) is 0 Å². The molecule has 2 aromatic heterocycles. The minimum atomic E-state index is -0.0497. The first-order valence-corrected chi connectivity index (χ1v) is 10.5. The molecule has 3 aromatic rings. The lowest BCUT2D eigenvalue weighted by Crippen LogP contribution is -2.30. The van der Waals surface area contributed by atoms with Crippen molar-refractivity contribution < 1.29 is 14.0 Å². The van der Waals surface area contributed by atoms with E-state index in [4.69, 9.17) is 4.42 Å². The number of likely N-dealkylation sites (tertiary alicyclic amines) is 1. The van der Waals surface area contributed by atoms with Crippen molar-refractivity contribution >= 4 is 34.5 Å².